The zero-order chi connectivity index (χ0) is 17.3. The number of alkyl halides is 3. The van der Waals surface area contributed by atoms with Crippen molar-refractivity contribution in [2.24, 2.45) is 0 Å². The molecule has 0 spiro atoms. The monoisotopic (exact) mass is 345 g/mol. The number of hydrogen-bond donors (Lipinski definition) is 2. The maximum absolute atomic E-state index is 12.5. The Labute approximate surface area is 131 Å². The number of anilines is 3. The summed E-state index contributed by atoms with van der Waals surface area (Å²) in [6.07, 6.45) is 2.44. The topological polar surface area (TPSA) is 71.1 Å². The van der Waals surface area contributed by atoms with Crippen LogP contribution in [0, 0.1) is 13.8 Å². The van der Waals surface area contributed by atoms with Crippen molar-refractivity contribution < 1.29 is 21.6 Å². The minimum absolute atomic E-state index is 0.116. The van der Waals surface area contributed by atoms with Gasteiger partial charge in [0.25, 0.3) is 0 Å². The number of aromatic nitrogens is 1. The molecule has 2 N–H and O–H groups in total. The highest BCUT2D eigenvalue weighted by molar-refractivity contribution is 7.93. The third-order valence-corrected chi connectivity index (χ3v) is 3.97. The molecule has 1 aromatic carbocycles. The van der Waals surface area contributed by atoms with Crippen LogP contribution in [0.15, 0.2) is 36.7 Å². The maximum Gasteiger partial charge on any atom is 0.516 e. The van der Waals surface area contributed by atoms with E-state index in [2.05, 4.69) is 10.3 Å². The molecule has 2 rings (SSSR count). The smallest absolute Gasteiger partial charge is 0.353 e. The summed E-state index contributed by atoms with van der Waals surface area (Å²) < 4.78 is 61.5. The molecule has 0 atom stereocenters. The highest BCUT2D eigenvalue weighted by Crippen LogP contribution is 2.30. The Bertz CT molecular complexity index is 800. The highest BCUT2D eigenvalue weighted by atomic mass is 32.2. The molecule has 0 amide bonds. The summed E-state index contributed by atoms with van der Waals surface area (Å²) in [7, 11) is -5.50. The Morgan fingerprint density at radius 2 is 1.65 bits per heavy atom. The second kappa shape index (κ2) is 6.07. The van der Waals surface area contributed by atoms with Crippen LogP contribution < -0.4 is 10.0 Å². The van der Waals surface area contributed by atoms with Gasteiger partial charge in [0.15, 0.2) is 0 Å². The number of nitrogens with zero attached hydrogens (tertiary/aromatic N) is 1. The fourth-order valence-corrected chi connectivity index (χ4v) is 2.57. The zero-order valence-electron chi connectivity index (χ0n) is 12.3. The van der Waals surface area contributed by atoms with Crippen molar-refractivity contribution in [3.05, 3.63) is 47.8 Å². The standard InChI is InChI=1S/C14H14F3N3O2S/c1-9-5-10(2)7-11(6-9)19-13-8-18-4-3-12(13)20-23(21,22)14(15,16)17/h3-8,19H,1-2H3,(H,18,20). The summed E-state index contributed by atoms with van der Waals surface area (Å²) >= 11 is 0. The first kappa shape index (κ1) is 17.1. The fourth-order valence-electron chi connectivity index (χ4n) is 1.99. The van der Waals surface area contributed by atoms with Gasteiger partial charge < -0.3 is 5.32 Å². The Morgan fingerprint density at radius 1 is 1.04 bits per heavy atom. The molecule has 0 aliphatic heterocycles. The van der Waals surface area contributed by atoms with E-state index in [9.17, 15) is 21.6 Å². The molecule has 9 heteroatoms. The van der Waals surface area contributed by atoms with Crippen LogP contribution in [0.3, 0.4) is 0 Å². The zero-order valence-corrected chi connectivity index (χ0v) is 13.1. The molecule has 0 bridgehead atoms. The number of nitrogens with one attached hydrogen (secondary N) is 2. The van der Waals surface area contributed by atoms with Crippen LogP contribution in [0.4, 0.5) is 30.2 Å². The van der Waals surface area contributed by atoms with Crippen LogP contribution >= 0.6 is 0 Å². The van der Waals surface area contributed by atoms with E-state index in [0.29, 0.717) is 5.69 Å². The van der Waals surface area contributed by atoms with Crippen LogP contribution in [-0.2, 0) is 10.0 Å². The number of sulfonamides is 1. The molecule has 0 unspecified atom stereocenters. The number of hydrogen-bond acceptors (Lipinski definition) is 4. The van der Waals surface area contributed by atoms with Crippen molar-refractivity contribution in [3.63, 3.8) is 0 Å². The molecule has 5 nitrogen and oxygen atoms in total. The molecule has 0 fully saturated rings. The minimum atomic E-state index is -5.50. The van der Waals surface area contributed by atoms with Crippen molar-refractivity contribution in [1.82, 2.24) is 4.98 Å². The largest absolute Gasteiger partial charge is 0.516 e. The van der Waals surface area contributed by atoms with Crippen molar-refractivity contribution in [3.8, 4) is 0 Å². The van der Waals surface area contributed by atoms with Gasteiger partial charge in [0, 0.05) is 11.9 Å². The first-order valence-corrected chi connectivity index (χ1v) is 7.95. The summed E-state index contributed by atoms with van der Waals surface area (Å²) in [6, 6.07) is 6.64. The summed E-state index contributed by atoms with van der Waals surface area (Å²) in [5.74, 6) is 0. The van der Waals surface area contributed by atoms with E-state index < -0.39 is 15.5 Å². The van der Waals surface area contributed by atoms with Gasteiger partial charge >= 0.3 is 15.5 Å². The molecule has 1 aromatic heterocycles. The Kier molecular flexibility index (Phi) is 4.51. The second-order valence-electron chi connectivity index (χ2n) is 4.97. The number of pyridine rings is 1. The van der Waals surface area contributed by atoms with Crippen LogP contribution in [0.1, 0.15) is 11.1 Å². The Hall–Kier alpha value is -2.29. The molecule has 2 aromatic rings. The SMILES string of the molecule is Cc1cc(C)cc(Nc2cnccc2NS(=O)(=O)C(F)(F)F)c1. The molecular weight excluding hydrogens is 331 g/mol. The third-order valence-electron chi connectivity index (χ3n) is 2.87. The van der Waals surface area contributed by atoms with E-state index in [1.807, 2.05) is 19.9 Å². The summed E-state index contributed by atoms with van der Waals surface area (Å²) in [6.45, 7) is 3.74. The molecule has 1 heterocycles. The Balaban J connectivity index is 2.35. The molecule has 124 valence electrons. The first-order valence-electron chi connectivity index (χ1n) is 6.47. The lowest BCUT2D eigenvalue weighted by Gasteiger charge is -2.15. The van der Waals surface area contributed by atoms with Crippen LogP contribution in [0.5, 0.6) is 0 Å². The second-order valence-corrected chi connectivity index (χ2v) is 6.65. The molecule has 0 aliphatic carbocycles. The van der Waals surface area contributed by atoms with Gasteiger partial charge in [-0.15, -0.1) is 0 Å². The summed E-state index contributed by atoms with van der Waals surface area (Å²) in [5.41, 5.74) is -3.00. The number of benzene rings is 1. The Morgan fingerprint density at radius 3 is 2.22 bits per heavy atom. The van der Waals surface area contributed by atoms with Crippen molar-refractivity contribution >= 4 is 27.1 Å². The molecular formula is C14H14F3N3O2S. The maximum atomic E-state index is 12.5. The minimum Gasteiger partial charge on any atom is -0.353 e. The van der Waals surface area contributed by atoms with Crippen molar-refractivity contribution in [1.29, 1.82) is 0 Å². The third kappa shape index (κ3) is 4.13. The van der Waals surface area contributed by atoms with E-state index in [4.69, 9.17) is 0 Å². The van der Waals surface area contributed by atoms with Crippen molar-refractivity contribution in [2.45, 2.75) is 19.4 Å². The average Bonchev–Trinajstić information content (AvgIpc) is 2.38. The fraction of sp³-hybridized carbons (Fsp3) is 0.214. The average molecular weight is 345 g/mol. The van der Waals surface area contributed by atoms with E-state index in [1.165, 1.54) is 17.1 Å². The van der Waals surface area contributed by atoms with E-state index in [1.54, 1.807) is 12.1 Å². The van der Waals surface area contributed by atoms with Crippen LogP contribution in [-0.4, -0.2) is 18.9 Å². The number of rotatable bonds is 4. The first-order chi connectivity index (χ1) is 10.6. The van der Waals surface area contributed by atoms with E-state index in [-0.39, 0.29) is 11.4 Å². The van der Waals surface area contributed by atoms with Gasteiger partial charge in [-0.2, -0.15) is 21.6 Å². The van der Waals surface area contributed by atoms with Crippen LogP contribution in [0.25, 0.3) is 0 Å². The number of halogens is 3. The van der Waals surface area contributed by atoms with Gasteiger partial charge in [0.1, 0.15) is 0 Å². The van der Waals surface area contributed by atoms with Gasteiger partial charge in [-0.3, -0.25) is 9.71 Å². The van der Waals surface area contributed by atoms with Crippen molar-refractivity contribution in [2.75, 3.05) is 10.0 Å². The predicted molar refractivity (Wildman–Crippen MR) is 82.0 cm³/mol. The van der Waals surface area contributed by atoms with E-state index in [0.717, 1.165) is 17.2 Å². The quantitative estimate of drug-likeness (QED) is 0.886. The van der Waals surface area contributed by atoms with Crippen LogP contribution in [0.2, 0.25) is 0 Å². The lowest BCUT2D eigenvalue weighted by Crippen LogP contribution is -2.30. The highest BCUT2D eigenvalue weighted by Gasteiger charge is 2.46. The molecule has 23 heavy (non-hydrogen) atoms. The lowest BCUT2D eigenvalue weighted by atomic mass is 10.1. The molecule has 0 aliphatic rings. The van der Waals surface area contributed by atoms with Gasteiger partial charge in [-0.1, -0.05) is 6.07 Å². The summed E-state index contributed by atoms with van der Waals surface area (Å²) in [4.78, 5) is 3.80. The van der Waals surface area contributed by atoms with E-state index >= 15 is 0 Å². The number of aryl methyl sites for hydroxylation is 2. The molecule has 0 saturated heterocycles. The summed E-state index contributed by atoms with van der Waals surface area (Å²) in [5, 5.41) is 2.87. The van der Waals surface area contributed by atoms with Gasteiger partial charge in [-0.25, -0.2) is 0 Å². The molecule has 0 radical (unpaired) electrons. The lowest BCUT2D eigenvalue weighted by molar-refractivity contribution is -0.0429. The molecule has 0 saturated carbocycles. The van der Waals surface area contributed by atoms with Gasteiger partial charge in [0.2, 0.25) is 0 Å². The van der Waals surface area contributed by atoms with Gasteiger partial charge in [0.05, 0.1) is 17.6 Å². The predicted octanol–water partition coefficient (Wildman–Crippen LogP) is 3.70. The normalized spacial score (nSPS) is 12.0. The van der Waals surface area contributed by atoms with Gasteiger partial charge in [-0.05, 0) is 43.2 Å².